The molecule has 0 radical (unpaired) electrons. The van der Waals surface area contributed by atoms with Crippen molar-refractivity contribution < 1.29 is 57.3 Å². The molecule has 0 heterocycles. The molecule has 0 bridgehead atoms. The van der Waals surface area contributed by atoms with Crippen molar-refractivity contribution in [1.29, 1.82) is 0 Å². The lowest BCUT2D eigenvalue weighted by Gasteiger charge is -2.30. The number of carbonyl (C=O) groups excluding carboxylic acids is 8. The molecule has 6 aromatic rings. The number of rotatable bonds is 23. The van der Waals surface area contributed by atoms with Crippen LogP contribution in [0.1, 0.15) is 117 Å². The van der Waals surface area contributed by atoms with E-state index in [1.807, 2.05) is 0 Å². The van der Waals surface area contributed by atoms with E-state index in [0.717, 1.165) is 49.7 Å². The summed E-state index contributed by atoms with van der Waals surface area (Å²) in [5.41, 5.74) is 8.48. The van der Waals surface area contributed by atoms with Crippen LogP contribution >= 0.6 is 58.0 Å². The van der Waals surface area contributed by atoms with Crippen LogP contribution in [-0.4, -0.2) is 100 Å². The molecule has 7 N–H and O–H groups in total. The molecule has 23 heteroatoms. The number of hydrogen-bond acceptors (Lipinski definition) is 13. The van der Waals surface area contributed by atoms with Gasteiger partial charge < -0.3 is 51.3 Å². The lowest BCUT2D eigenvalue weighted by Crippen LogP contribution is -2.50. The number of halogens is 5. The molecule has 0 spiro atoms. The monoisotopic (exact) mass is 1310 g/mol. The number of anilines is 2. The fraction of sp³-hybridized carbons (Fsp3) is 0.333. The fourth-order valence-corrected chi connectivity index (χ4v) is 11.8. The molecule has 6 aromatic carbocycles. The van der Waals surface area contributed by atoms with Gasteiger partial charge in [0.1, 0.15) is 23.6 Å². The summed E-state index contributed by atoms with van der Waals surface area (Å²) in [7, 11) is 5.70. The van der Waals surface area contributed by atoms with Crippen LogP contribution in [0, 0.1) is 10.8 Å². The average molecular weight is 1320 g/mol. The van der Waals surface area contributed by atoms with Gasteiger partial charge in [0, 0.05) is 41.9 Å². The molecule has 2 fully saturated rings. The van der Waals surface area contributed by atoms with E-state index in [4.69, 9.17) is 82.7 Å². The van der Waals surface area contributed by atoms with Gasteiger partial charge in [0.2, 0.25) is 11.8 Å². The van der Waals surface area contributed by atoms with Crippen molar-refractivity contribution in [1.82, 2.24) is 16.0 Å². The van der Waals surface area contributed by atoms with E-state index in [-0.39, 0.29) is 61.8 Å². The number of esters is 2. The summed E-state index contributed by atoms with van der Waals surface area (Å²) in [4.78, 5) is 100. The van der Waals surface area contributed by atoms with Gasteiger partial charge in [-0.15, -0.1) is 0 Å². The van der Waals surface area contributed by atoms with Crippen molar-refractivity contribution in [3.63, 3.8) is 0 Å². The van der Waals surface area contributed by atoms with Crippen molar-refractivity contribution in [2.75, 3.05) is 52.2 Å². The van der Waals surface area contributed by atoms with E-state index in [9.17, 15) is 38.4 Å². The summed E-state index contributed by atoms with van der Waals surface area (Å²) in [6.45, 7) is 0.733. The van der Waals surface area contributed by atoms with Crippen molar-refractivity contribution in [3.05, 3.63) is 187 Å². The lowest BCUT2D eigenvalue weighted by molar-refractivity contribution is -0.147. The summed E-state index contributed by atoms with van der Waals surface area (Å²) >= 11 is 29.7. The van der Waals surface area contributed by atoms with Crippen LogP contribution in [0.2, 0.25) is 20.1 Å². The molecule has 0 aliphatic heterocycles. The number of carbonyl (C=O) groups is 8. The second-order valence-corrected chi connectivity index (χ2v) is 23.2. The van der Waals surface area contributed by atoms with Gasteiger partial charge in [0.05, 0.1) is 70.5 Å². The quantitative estimate of drug-likeness (QED) is 0.0258. The molecular formula is C66H71Cl5N6O12. The summed E-state index contributed by atoms with van der Waals surface area (Å²) in [6.07, 6.45) is 8.06. The van der Waals surface area contributed by atoms with Gasteiger partial charge in [-0.1, -0.05) is 108 Å². The first kappa shape index (κ1) is 70.4. The van der Waals surface area contributed by atoms with Crippen LogP contribution in [0.3, 0.4) is 0 Å². The molecule has 472 valence electrons. The highest BCUT2D eigenvalue weighted by Crippen LogP contribution is 2.42. The van der Waals surface area contributed by atoms with Crippen LogP contribution in [0.25, 0.3) is 0 Å². The predicted octanol–water partition coefficient (Wildman–Crippen LogP) is 12.3. The molecular weight excluding hydrogens is 1250 g/mol. The van der Waals surface area contributed by atoms with E-state index < -0.39 is 51.9 Å². The SMILES string of the molecule is COC(=O)C(Cc1ccc(NC(=O)c2c(Cl)cccc2Cl)cc1)NC(=O)C1(CCN)CCCC1.COC(=O)C(Cc1ccc(NC(=O)c2c(Cl)cccc2Cl)cc1)NC(=O)C1(CCNC(=O)c2ccc(OC)cc2)CCCC1.COc1ccc(C(=O)Cl)cc1. The second-order valence-electron chi connectivity index (χ2n) is 21.3. The minimum Gasteiger partial charge on any atom is -0.497 e. The van der Waals surface area contributed by atoms with Gasteiger partial charge in [-0.05, 0) is 165 Å². The van der Waals surface area contributed by atoms with Gasteiger partial charge in [0.25, 0.3) is 23.0 Å². The third-order valence-corrected chi connectivity index (χ3v) is 17.0. The van der Waals surface area contributed by atoms with E-state index in [2.05, 4.69) is 26.6 Å². The molecule has 18 nitrogen and oxygen atoms in total. The second kappa shape index (κ2) is 34.3. The Morgan fingerprint density at radius 3 is 1.18 bits per heavy atom. The number of amides is 5. The molecule has 2 aliphatic carbocycles. The highest BCUT2D eigenvalue weighted by Gasteiger charge is 2.43. The van der Waals surface area contributed by atoms with Crippen LogP contribution in [0.15, 0.2) is 133 Å². The Labute approximate surface area is 542 Å². The Hall–Kier alpha value is -7.71. The summed E-state index contributed by atoms with van der Waals surface area (Å²) in [6, 6.07) is 35.2. The molecule has 89 heavy (non-hydrogen) atoms. The molecule has 0 saturated heterocycles. The highest BCUT2D eigenvalue weighted by molar-refractivity contribution is 6.67. The molecule has 2 atom stereocenters. The van der Waals surface area contributed by atoms with Gasteiger partial charge in [-0.2, -0.15) is 0 Å². The summed E-state index contributed by atoms with van der Waals surface area (Å²) in [5.74, 6) is -1.19. The molecule has 8 rings (SSSR count). The number of hydrogen-bond donors (Lipinski definition) is 6. The van der Waals surface area contributed by atoms with Crippen molar-refractivity contribution in [3.8, 4) is 11.5 Å². The van der Waals surface area contributed by atoms with Crippen molar-refractivity contribution in [2.45, 2.75) is 89.1 Å². The smallest absolute Gasteiger partial charge is 0.328 e. The van der Waals surface area contributed by atoms with Gasteiger partial charge in [-0.3, -0.25) is 28.8 Å². The van der Waals surface area contributed by atoms with Gasteiger partial charge in [-0.25, -0.2) is 9.59 Å². The normalized spacial score (nSPS) is 14.1. The first-order valence-corrected chi connectivity index (χ1v) is 30.5. The summed E-state index contributed by atoms with van der Waals surface area (Å²) < 4.78 is 20.0. The number of benzene rings is 6. The Bertz CT molecular complexity index is 3380. The van der Waals surface area contributed by atoms with E-state index in [1.54, 1.807) is 148 Å². The van der Waals surface area contributed by atoms with Crippen LogP contribution in [0.5, 0.6) is 11.5 Å². The zero-order chi connectivity index (χ0) is 64.7. The van der Waals surface area contributed by atoms with Crippen LogP contribution < -0.4 is 41.8 Å². The Balaban J connectivity index is 0.000000247. The van der Waals surface area contributed by atoms with Crippen LogP contribution in [0.4, 0.5) is 11.4 Å². The number of methoxy groups -OCH3 is 4. The van der Waals surface area contributed by atoms with Crippen molar-refractivity contribution >= 4 is 116 Å². The Morgan fingerprint density at radius 2 is 0.843 bits per heavy atom. The van der Waals surface area contributed by atoms with Gasteiger partial charge >= 0.3 is 11.9 Å². The molecule has 2 unspecified atom stereocenters. The summed E-state index contributed by atoms with van der Waals surface area (Å²) in [5, 5.41) is 14.8. The maximum Gasteiger partial charge on any atom is 0.328 e. The maximum absolute atomic E-state index is 13.7. The highest BCUT2D eigenvalue weighted by atomic mass is 35.5. The predicted molar refractivity (Wildman–Crippen MR) is 346 cm³/mol. The van der Waals surface area contributed by atoms with Crippen LogP contribution in [-0.2, 0) is 41.5 Å². The van der Waals surface area contributed by atoms with E-state index >= 15 is 0 Å². The molecule has 0 aromatic heterocycles. The van der Waals surface area contributed by atoms with E-state index in [1.165, 1.54) is 14.2 Å². The zero-order valence-corrected chi connectivity index (χ0v) is 53.4. The molecule has 2 aliphatic rings. The van der Waals surface area contributed by atoms with Gasteiger partial charge in [0.15, 0.2) is 0 Å². The molecule has 5 amide bonds. The first-order chi connectivity index (χ1) is 42.7. The Morgan fingerprint density at radius 1 is 0.483 bits per heavy atom. The minimum absolute atomic E-state index is 0.147. The van der Waals surface area contributed by atoms with Crippen molar-refractivity contribution in [2.24, 2.45) is 16.6 Å². The third-order valence-electron chi connectivity index (χ3n) is 15.5. The fourth-order valence-electron chi connectivity index (χ4n) is 10.6. The first-order valence-electron chi connectivity index (χ1n) is 28.6. The van der Waals surface area contributed by atoms with E-state index in [0.29, 0.717) is 72.8 Å². The average Bonchev–Trinajstić information content (AvgIpc) is 3.41. The third kappa shape index (κ3) is 19.9. The minimum atomic E-state index is -0.916. The maximum atomic E-state index is 13.7. The number of nitrogens with two attached hydrogens (primary N) is 1. The standard InChI is InChI=1S/C33H35Cl2N3O6.C25H29Cl2N3O4.C8H7ClO2/c1-43-24-14-10-22(11-15-24)29(39)36-19-18-33(16-3-4-17-33)32(42)38-27(31(41)44-2)20-21-8-12-23(13-9-21)37-30(40)28-25(34)6-5-7-26(28)35;1-34-23(32)20(30-24(33)25(13-14-28)11-2-3-12-25)15-16-7-9-17(10-8-16)29-22(31)21-18(26)5-4-6-19(21)27;1-11-7-4-2-6(3-5-7)8(9)10/h5-15,27H,3-4,16-20H2,1-2H3,(H,36,39)(H,37,40)(H,38,42);4-10,20H,2-3,11-15,28H2,1H3,(H,29,31)(H,30,33);2-5H,1H3. The zero-order valence-electron chi connectivity index (χ0n) is 49.6. The number of ether oxygens (including phenoxy) is 4. The largest absolute Gasteiger partial charge is 0.497 e. The lowest BCUT2D eigenvalue weighted by atomic mass is 9.81. The molecule has 2 saturated carbocycles. The Kier molecular flexibility index (Phi) is 27.1. The topological polar surface area (TPSA) is 260 Å². The number of nitrogens with one attached hydrogen (secondary N) is 5.